The molecule has 0 spiro atoms. The molecule has 3 heteroatoms. The van der Waals surface area contributed by atoms with Gasteiger partial charge in [0.1, 0.15) is 6.79 Å². The van der Waals surface area contributed by atoms with E-state index in [0.29, 0.717) is 12.7 Å². The molecule has 0 N–H and O–H groups in total. The number of rotatable bonds is 3. The van der Waals surface area contributed by atoms with E-state index in [4.69, 9.17) is 14.2 Å². The van der Waals surface area contributed by atoms with Crippen LogP contribution in [0.3, 0.4) is 0 Å². The third-order valence-electron chi connectivity index (χ3n) is 1.83. The maximum atomic E-state index is 5.39. The summed E-state index contributed by atoms with van der Waals surface area (Å²) in [5.74, 6) is 0.678. The van der Waals surface area contributed by atoms with Crippen molar-refractivity contribution in [2.24, 2.45) is 5.92 Å². The van der Waals surface area contributed by atoms with Crippen LogP contribution in [0.2, 0.25) is 0 Å². The van der Waals surface area contributed by atoms with Gasteiger partial charge in [0, 0.05) is 7.11 Å². The van der Waals surface area contributed by atoms with Crippen LogP contribution in [0.25, 0.3) is 0 Å². The molecule has 0 aromatic rings. The summed E-state index contributed by atoms with van der Waals surface area (Å²) in [7, 11) is 1.62. The van der Waals surface area contributed by atoms with Crippen LogP contribution in [0, 0.1) is 5.92 Å². The van der Waals surface area contributed by atoms with Crippen molar-refractivity contribution in [3.8, 4) is 0 Å². The van der Waals surface area contributed by atoms with Gasteiger partial charge in [-0.3, -0.25) is 0 Å². The molecule has 1 fully saturated rings. The summed E-state index contributed by atoms with van der Waals surface area (Å²) in [6, 6.07) is 0. The molecule has 1 aliphatic rings. The number of hydrogen-bond donors (Lipinski definition) is 0. The van der Waals surface area contributed by atoms with Gasteiger partial charge >= 0.3 is 0 Å². The monoisotopic (exact) mass is 160 g/mol. The fraction of sp³-hybridized carbons (Fsp3) is 1.00. The summed E-state index contributed by atoms with van der Waals surface area (Å²) >= 11 is 0. The van der Waals surface area contributed by atoms with E-state index in [0.717, 1.165) is 13.0 Å². The summed E-state index contributed by atoms with van der Waals surface area (Å²) in [5, 5.41) is 0. The molecule has 0 bridgehead atoms. The standard InChI is InChI=1S/C8H16O3/c1-7-3-4-8(10-5-7)11-6-9-2/h7-8H,3-6H2,1-2H3. The van der Waals surface area contributed by atoms with Crippen LogP contribution in [0.15, 0.2) is 0 Å². The van der Waals surface area contributed by atoms with Crippen LogP contribution in [-0.2, 0) is 14.2 Å². The maximum Gasteiger partial charge on any atom is 0.160 e. The maximum absolute atomic E-state index is 5.39. The molecular formula is C8H16O3. The predicted molar refractivity (Wildman–Crippen MR) is 41.1 cm³/mol. The molecule has 3 nitrogen and oxygen atoms in total. The third-order valence-corrected chi connectivity index (χ3v) is 1.83. The zero-order valence-corrected chi connectivity index (χ0v) is 7.21. The van der Waals surface area contributed by atoms with Crippen molar-refractivity contribution in [2.75, 3.05) is 20.5 Å². The van der Waals surface area contributed by atoms with Crippen molar-refractivity contribution >= 4 is 0 Å². The Bertz CT molecular complexity index is 94.8. The van der Waals surface area contributed by atoms with Gasteiger partial charge in [-0.1, -0.05) is 6.92 Å². The summed E-state index contributed by atoms with van der Waals surface area (Å²) in [4.78, 5) is 0. The van der Waals surface area contributed by atoms with Crippen LogP contribution >= 0.6 is 0 Å². The van der Waals surface area contributed by atoms with Crippen LogP contribution in [-0.4, -0.2) is 26.8 Å². The zero-order chi connectivity index (χ0) is 8.10. The second kappa shape index (κ2) is 4.70. The van der Waals surface area contributed by atoms with Crippen molar-refractivity contribution < 1.29 is 14.2 Å². The largest absolute Gasteiger partial charge is 0.359 e. The Balaban J connectivity index is 2.07. The molecule has 0 radical (unpaired) electrons. The number of hydrogen-bond acceptors (Lipinski definition) is 3. The average Bonchev–Trinajstić information content (AvgIpc) is 2.04. The van der Waals surface area contributed by atoms with E-state index in [9.17, 15) is 0 Å². The zero-order valence-electron chi connectivity index (χ0n) is 7.21. The molecule has 0 aliphatic carbocycles. The van der Waals surface area contributed by atoms with Gasteiger partial charge in [-0.15, -0.1) is 0 Å². The average molecular weight is 160 g/mol. The number of ether oxygens (including phenoxy) is 3. The number of methoxy groups -OCH3 is 1. The molecule has 0 amide bonds. The van der Waals surface area contributed by atoms with E-state index in [1.807, 2.05) is 0 Å². The van der Waals surface area contributed by atoms with Gasteiger partial charge in [-0.05, 0) is 18.8 Å². The Morgan fingerprint density at radius 2 is 2.27 bits per heavy atom. The molecule has 2 unspecified atom stereocenters. The van der Waals surface area contributed by atoms with Gasteiger partial charge < -0.3 is 14.2 Å². The second-order valence-corrected chi connectivity index (χ2v) is 3.02. The van der Waals surface area contributed by atoms with Gasteiger partial charge in [0.2, 0.25) is 0 Å². The minimum absolute atomic E-state index is 0.0360. The second-order valence-electron chi connectivity index (χ2n) is 3.02. The van der Waals surface area contributed by atoms with Gasteiger partial charge in [0.05, 0.1) is 6.61 Å². The third kappa shape index (κ3) is 3.18. The van der Waals surface area contributed by atoms with Gasteiger partial charge in [-0.2, -0.15) is 0 Å². The van der Waals surface area contributed by atoms with Gasteiger partial charge in [0.25, 0.3) is 0 Å². The topological polar surface area (TPSA) is 27.7 Å². The molecule has 2 atom stereocenters. The molecule has 66 valence electrons. The van der Waals surface area contributed by atoms with Crippen LogP contribution in [0.1, 0.15) is 19.8 Å². The highest BCUT2D eigenvalue weighted by molar-refractivity contribution is 4.60. The first kappa shape index (κ1) is 8.97. The van der Waals surface area contributed by atoms with Crippen molar-refractivity contribution in [3.05, 3.63) is 0 Å². The fourth-order valence-corrected chi connectivity index (χ4v) is 1.13. The van der Waals surface area contributed by atoms with E-state index in [1.54, 1.807) is 7.11 Å². The first-order valence-electron chi connectivity index (χ1n) is 4.05. The minimum atomic E-state index is -0.0360. The SMILES string of the molecule is COCOC1CCC(C)CO1. The molecule has 1 heterocycles. The van der Waals surface area contributed by atoms with E-state index in [-0.39, 0.29) is 6.29 Å². The Morgan fingerprint density at radius 3 is 2.82 bits per heavy atom. The molecule has 11 heavy (non-hydrogen) atoms. The first-order chi connectivity index (χ1) is 5.33. The lowest BCUT2D eigenvalue weighted by atomic mass is 10.0. The minimum Gasteiger partial charge on any atom is -0.359 e. The van der Waals surface area contributed by atoms with E-state index in [1.165, 1.54) is 6.42 Å². The van der Waals surface area contributed by atoms with Crippen molar-refractivity contribution in [1.82, 2.24) is 0 Å². The highest BCUT2D eigenvalue weighted by Gasteiger charge is 2.18. The highest BCUT2D eigenvalue weighted by atomic mass is 16.7. The fourth-order valence-electron chi connectivity index (χ4n) is 1.13. The lowest BCUT2D eigenvalue weighted by Crippen LogP contribution is -2.27. The Labute approximate surface area is 67.6 Å². The van der Waals surface area contributed by atoms with Gasteiger partial charge in [-0.25, -0.2) is 0 Å². The molecule has 1 rings (SSSR count). The van der Waals surface area contributed by atoms with E-state index >= 15 is 0 Å². The predicted octanol–water partition coefficient (Wildman–Crippen LogP) is 1.38. The Hall–Kier alpha value is -0.120. The normalized spacial score (nSPS) is 32.2. The highest BCUT2D eigenvalue weighted by Crippen LogP contribution is 2.18. The molecule has 0 aromatic carbocycles. The lowest BCUT2D eigenvalue weighted by molar-refractivity contribution is -0.210. The van der Waals surface area contributed by atoms with Crippen molar-refractivity contribution in [3.63, 3.8) is 0 Å². The molecular weight excluding hydrogens is 144 g/mol. The van der Waals surface area contributed by atoms with Crippen molar-refractivity contribution in [1.29, 1.82) is 0 Å². The quantitative estimate of drug-likeness (QED) is 0.584. The van der Waals surface area contributed by atoms with Crippen LogP contribution in [0.5, 0.6) is 0 Å². The molecule has 1 aliphatic heterocycles. The lowest BCUT2D eigenvalue weighted by Gasteiger charge is -2.26. The summed E-state index contributed by atoms with van der Waals surface area (Å²) in [6.45, 7) is 3.33. The molecule has 0 saturated carbocycles. The van der Waals surface area contributed by atoms with E-state index < -0.39 is 0 Å². The smallest absolute Gasteiger partial charge is 0.160 e. The summed E-state index contributed by atoms with van der Waals surface area (Å²) in [5.41, 5.74) is 0. The Kier molecular flexibility index (Phi) is 3.83. The molecule has 0 aromatic heterocycles. The molecule has 1 saturated heterocycles. The Morgan fingerprint density at radius 1 is 1.45 bits per heavy atom. The van der Waals surface area contributed by atoms with Gasteiger partial charge in [0.15, 0.2) is 6.29 Å². The summed E-state index contributed by atoms with van der Waals surface area (Å²) in [6.07, 6.45) is 2.14. The van der Waals surface area contributed by atoms with E-state index in [2.05, 4.69) is 6.92 Å². The van der Waals surface area contributed by atoms with Crippen molar-refractivity contribution in [2.45, 2.75) is 26.1 Å². The van der Waals surface area contributed by atoms with Crippen LogP contribution in [0.4, 0.5) is 0 Å². The summed E-state index contributed by atoms with van der Waals surface area (Å²) < 4.78 is 15.4. The van der Waals surface area contributed by atoms with Crippen LogP contribution < -0.4 is 0 Å². The first-order valence-corrected chi connectivity index (χ1v) is 4.05.